The minimum absolute atomic E-state index is 0.409. The van der Waals surface area contributed by atoms with Crippen molar-refractivity contribution in [3.8, 4) is 0 Å². The van der Waals surface area contributed by atoms with E-state index in [9.17, 15) is 9.59 Å². The van der Waals surface area contributed by atoms with Crippen LogP contribution in [0, 0.1) is 0 Å². The van der Waals surface area contributed by atoms with E-state index >= 15 is 0 Å². The normalized spacial score (nSPS) is 11.9. The van der Waals surface area contributed by atoms with Crippen molar-refractivity contribution in [2.75, 3.05) is 0 Å². The van der Waals surface area contributed by atoms with E-state index in [0.717, 1.165) is 0 Å². The summed E-state index contributed by atoms with van der Waals surface area (Å²) in [6.07, 6.45) is 0. The summed E-state index contributed by atoms with van der Waals surface area (Å²) in [7, 11) is 0. The Balaban J connectivity index is 2.79. The van der Waals surface area contributed by atoms with Gasteiger partial charge in [0, 0.05) is 0 Å². The second-order valence-corrected chi connectivity index (χ2v) is 6.58. The van der Waals surface area contributed by atoms with Gasteiger partial charge in [0.15, 0.2) is 0 Å². The average Bonchev–Trinajstić information content (AvgIpc) is 2.24. The molecule has 1 aromatic rings. The predicted molar refractivity (Wildman–Crippen MR) is 76.8 cm³/mol. The van der Waals surface area contributed by atoms with Gasteiger partial charge in [0.1, 0.15) is 11.2 Å². The lowest BCUT2D eigenvalue weighted by Crippen LogP contribution is -2.24. The van der Waals surface area contributed by atoms with Gasteiger partial charge < -0.3 is 9.47 Å². The molecule has 0 aliphatic heterocycles. The molecule has 4 nitrogen and oxygen atoms in total. The van der Waals surface area contributed by atoms with E-state index < -0.39 is 23.1 Å². The van der Waals surface area contributed by atoms with E-state index in [4.69, 9.17) is 9.47 Å². The Morgan fingerprint density at radius 3 is 1.15 bits per heavy atom. The Bertz CT molecular complexity index is 440. The molecule has 1 rings (SSSR count). The average molecular weight is 278 g/mol. The van der Waals surface area contributed by atoms with Crippen molar-refractivity contribution in [1.29, 1.82) is 0 Å². The van der Waals surface area contributed by atoms with E-state index in [2.05, 4.69) is 0 Å². The fraction of sp³-hybridized carbons (Fsp3) is 0.500. The zero-order valence-electron chi connectivity index (χ0n) is 12.9. The Kier molecular flexibility index (Phi) is 4.58. The topological polar surface area (TPSA) is 52.6 Å². The number of carbonyl (C=O) groups is 2. The van der Waals surface area contributed by atoms with E-state index in [0.29, 0.717) is 11.1 Å². The van der Waals surface area contributed by atoms with Crippen LogP contribution in [0.25, 0.3) is 0 Å². The minimum Gasteiger partial charge on any atom is -0.456 e. The number of carbonyl (C=O) groups excluding carboxylic acids is 2. The minimum atomic E-state index is -0.541. The molecule has 0 radical (unpaired) electrons. The summed E-state index contributed by atoms with van der Waals surface area (Å²) in [6, 6.07) is 6.25. The van der Waals surface area contributed by atoms with Crippen LogP contribution < -0.4 is 0 Å². The monoisotopic (exact) mass is 278 g/mol. The van der Waals surface area contributed by atoms with Crippen LogP contribution in [-0.4, -0.2) is 23.1 Å². The SMILES string of the molecule is CC(C)(C)OC(=O)c1ccc(C(=O)OC(C)(C)C)cc1. The van der Waals surface area contributed by atoms with E-state index in [-0.39, 0.29) is 0 Å². The maximum Gasteiger partial charge on any atom is 0.338 e. The summed E-state index contributed by atoms with van der Waals surface area (Å²) in [6.45, 7) is 10.8. The van der Waals surface area contributed by atoms with Crippen LogP contribution >= 0.6 is 0 Å². The quantitative estimate of drug-likeness (QED) is 0.776. The molecule has 0 saturated carbocycles. The van der Waals surface area contributed by atoms with E-state index in [1.807, 2.05) is 0 Å². The second kappa shape index (κ2) is 5.65. The van der Waals surface area contributed by atoms with Crippen LogP contribution in [0.4, 0.5) is 0 Å². The van der Waals surface area contributed by atoms with Crippen LogP contribution in [0.2, 0.25) is 0 Å². The van der Waals surface area contributed by atoms with Crippen molar-refractivity contribution in [3.63, 3.8) is 0 Å². The van der Waals surface area contributed by atoms with E-state index in [1.165, 1.54) is 0 Å². The number of esters is 2. The highest BCUT2D eigenvalue weighted by molar-refractivity contribution is 5.93. The maximum atomic E-state index is 11.8. The van der Waals surface area contributed by atoms with Crippen LogP contribution in [0.15, 0.2) is 24.3 Å². The number of hydrogen-bond acceptors (Lipinski definition) is 4. The van der Waals surface area contributed by atoms with Gasteiger partial charge in [0.2, 0.25) is 0 Å². The summed E-state index contributed by atoms with van der Waals surface area (Å²) >= 11 is 0. The molecule has 0 amide bonds. The lowest BCUT2D eigenvalue weighted by molar-refractivity contribution is 0.00518. The fourth-order valence-electron chi connectivity index (χ4n) is 1.42. The van der Waals surface area contributed by atoms with E-state index in [1.54, 1.807) is 65.8 Å². The molecule has 0 heterocycles. The summed E-state index contributed by atoms with van der Waals surface area (Å²) in [5, 5.41) is 0. The molecule has 0 N–H and O–H groups in total. The molecule has 0 fully saturated rings. The molecule has 0 unspecified atom stereocenters. The van der Waals surface area contributed by atoms with Crippen LogP contribution in [0.3, 0.4) is 0 Å². The third-order valence-electron chi connectivity index (χ3n) is 2.15. The Morgan fingerprint density at radius 2 is 0.950 bits per heavy atom. The van der Waals surface area contributed by atoms with Gasteiger partial charge >= 0.3 is 11.9 Å². The number of hydrogen-bond donors (Lipinski definition) is 0. The first-order valence-electron chi connectivity index (χ1n) is 6.55. The summed E-state index contributed by atoms with van der Waals surface area (Å²) in [5.74, 6) is -0.818. The third kappa shape index (κ3) is 5.43. The number of benzene rings is 1. The standard InChI is InChI=1S/C16H22O4/c1-15(2,3)19-13(17)11-7-9-12(10-8-11)14(18)20-16(4,5)6/h7-10H,1-6H3. The van der Waals surface area contributed by atoms with Crippen LogP contribution in [0.1, 0.15) is 62.3 Å². The Morgan fingerprint density at radius 1 is 0.700 bits per heavy atom. The van der Waals surface area contributed by atoms with Gasteiger partial charge in [-0.3, -0.25) is 0 Å². The molecule has 0 saturated heterocycles. The number of ether oxygens (including phenoxy) is 2. The third-order valence-corrected chi connectivity index (χ3v) is 2.15. The largest absolute Gasteiger partial charge is 0.456 e. The smallest absolute Gasteiger partial charge is 0.338 e. The first kappa shape index (κ1) is 16.2. The highest BCUT2D eigenvalue weighted by Crippen LogP contribution is 2.15. The van der Waals surface area contributed by atoms with Gasteiger partial charge in [-0.2, -0.15) is 0 Å². The lowest BCUT2D eigenvalue weighted by atomic mass is 10.1. The van der Waals surface area contributed by atoms with Gasteiger partial charge in [0.05, 0.1) is 11.1 Å². The van der Waals surface area contributed by atoms with Crippen molar-refractivity contribution >= 4 is 11.9 Å². The van der Waals surface area contributed by atoms with Crippen molar-refractivity contribution in [2.45, 2.75) is 52.7 Å². The Labute approximate surface area is 120 Å². The maximum absolute atomic E-state index is 11.8. The summed E-state index contributed by atoms with van der Waals surface area (Å²) in [5.41, 5.74) is -0.263. The van der Waals surface area contributed by atoms with Crippen molar-refractivity contribution in [2.24, 2.45) is 0 Å². The van der Waals surface area contributed by atoms with Crippen molar-refractivity contribution in [1.82, 2.24) is 0 Å². The molecular weight excluding hydrogens is 256 g/mol. The van der Waals surface area contributed by atoms with Gasteiger partial charge in [-0.05, 0) is 65.8 Å². The molecule has 20 heavy (non-hydrogen) atoms. The van der Waals surface area contributed by atoms with Crippen LogP contribution in [0.5, 0.6) is 0 Å². The van der Waals surface area contributed by atoms with Gasteiger partial charge in [-0.1, -0.05) is 0 Å². The molecule has 0 atom stereocenters. The highest BCUT2D eigenvalue weighted by Gasteiger charge is 2.20. The van der Waals surface area contributed by atoms with Crippen molar-refractivity contribution < 1.29 is 19.1 Å². The van der Waals surface area contributed by atoms with Gasteiger partial charge in [-0.15, -0.1) is 0 Å². The molecule has 0 aromatic heterocycles. The fourth-order valence-corrected chi connectivity index (χ4v) is 1.42. The van der Waals surface area contributed by atoms with Gasteiger partial charge in [0.25, 0.3) is 0 Å². The molecule has 1 aromatic carbocycles. The first-order chi connectivity index (χ1) is 8.98. The van der Waals surface area contributed by atoms with Crippen molar-refractivity contribution in [3.05, 3.63) is 35.4 Å². The Hall–Kier alpha value is -1.84. The predicted octanol–water partition coefficient (Wildman–Crippen LogP) is 3.60. The lowest BCUT2D eigenvalue weighted by Gasteiger charge is -2.20. The molecule has 0 spiro atoms. The molecule has 0 bridgehead atoms. The zero-order chi connectivity index (χ0) is 15.6. The molecule has 0 aliphatic rings. The first-order valence-corrected chi connectivity index (χ1v) is 6.55. The molecule has 110 valence electrons. The summed E-state index contributed by atoms with van der Waals surface area (Å²) < 4.78 is 10.5. The number of rotatable bonds is 2. The molecule has 0 aliphatic carbocycles. The molecule has 4 heteroatoms. The van der Waals surface area contributed by atoms with Gasteiger partial charge in [-0.25, -0.2) is 9.59 Å². The van der Waals surface area contributed by atoms with Crippen LogP contribution in [-0.2, 0) is 9.47 Å². The summed E-state index contributed by atoms with van der Waals surface area (Å²) in [4.78, 5) is 23.7. The highest BCUT2D eigenvalue weighted by atomic mass is 16.6. The molecular formula is C16H22O4. The zero-order valence-corrected chi connectivity index (χ0v) is 12.9. The second-order valence-electron chi connectivity index (χ2n) is 6.58.